The lowest BCUT2D eigenvalue weighted by atomic mass is 10.2. The van der Waals surface area contributed by atoms with Crippen LogP contribution in [0.2, 0.25) is 5.15 Å². The van der Waals surface area contributed by atoms with Crippen molar-refractivity contribution in [2.45, 2.75) is 20.8 Å². The van der Waals surface area contributed by atoms with Gasteiger partial charge in [0.1, 0.15) is 10.8 Å². The molecule has 0 spiro atoms. The highest BCUT2D eigenvalue weighted by Gasteiger charge is 2.09. The summed E-state index contributed by atoms with van der Waals surface area (Å²) < 4.78 is 0. The average molecular weight is 240 g/mol. The van der Waals surface area contributed by atoms with E-state index < -0.39 is 0 Å². The first-order valence-electron chi connectivity index (χ1n) is 4.51. The number of halogens is 1. The summed E-state index contributed by atoms with van der Waals surface area (Å²) in [4.78, 5) is 12.9. The molecule has 0 atom stereocenters. The van der Waals surface area contributed by atoms with Crippen LogP contribution in [0.3, 0.4) is 0 Å². The Labute approximate surface area is 97.2 Å². The number of hydrogen-bond donors (Lipinski definition) is 0. The van der Waals surface area contributed by atoms with Crippen LogP contribution in [0.15, 0.2) is 5.38 Å². The Morgan fingerprint density at radius 1 is 1.13 bits per heavy atom. The molecular weight excluding hydrogens is 230 g/mol. The molecule has 2 aromatic heterocycles. The van der Waals surface area contributed by atoms with Gasteiger partial charge in [0.05, 0.1) is 5.01 Å². The predicted molar refractivity (Wildman–Crippen MR) is 62.4 cm³/mol. The molecule has 0 aliphatic heterocycles. The van der Waals surface area contributed by atoms with E-state index in [0.29, 0.717) is 11.0 Å². The van der Waals surface area contributed by atoms with E-state index >= 15 is 0 Å². The van der Waals surface area contributed by atoms with Crippen LogP contribution in [-0.4, -0.2) is 15.0 Å². The Morgan fingerprint density at radius 2 is 1.87 bits per heavy atom. The minimum absolute atomic E-state index is 0.503. The Balaban J connectivity index is 2.55. The molecular formula is C10H10ClN3S. The molecule has 0 saturated carbocycles. The Hall–Kier alpha value is -1.00. The van der Waals surface area contributed by atoms with Gasteiger partial charge in [0.15, 0.2) is 5.82 Å². The van der Waals surface area contributed by atoms with Crippen LogP contribution >= 0.6 is 22.9 Å². The van der Waals surface area contributed by atoms with Crippen molar-refractivity contribution in [1.29, 1.82) is 0 Å². The summed E-state index contributed by atoms with van der Waals surface area (Å²) in [5, 5.41) is 3.45. The topological polar surface area (TPSA) is 38.7 Å². The molecule has 0 aliphatic carbocycles. The van der Waals surface area contributed by atoms with Crippen molar-refractivity contribution in [3.8, 4) is 11.5 Å². The predicted octanol–water partition coefficient (Wildman–Crippen LogP) is 3.18. The van der Waals surface area contributed by atoms with Gasteiger partial charge in [-0.2, -0.15) is 0 Å². The first kappa shape index (κ1) is 10.5. The fourth-order valence-electron chi connectivity index (χ4n) is 1.17. The van der Waals surface area contributed by atoms with Crippen LogP contribution in [0.4, 0.5) is 0 Å². The lowest BCUT2D eigenvalue weighted by Gasteiger charge is -2.03. The second-order valence-corrected chi connectivity index (χ2v) is 4.72. The maximum atomic E-state index is 6.00. The summed E-state index contributed by atoms with van der Waals surface area (Å²) in [6, 6.07) is 0. The van der Waals surface area contributed by atoms with Gasteiger partial charge in [0, 0.05) is 16.6 Å². The van der Waals surface area contributed by atoms with E-state index in [1.807, 2.05) is 26.2 Å². The molecule has 0 aromatic carbocycles. The van der Waals surface area contributed by atoms with Crippen LogP contribution in [0.25, 0.3) is 11.5 Å². The third-order valence-corrected chi connectivity index (χ3v) is 3.32. The molecule has 0 radical (unpaired) electrons. The SMILES string of the molecule is Cc1nc(-c2nc(C)c(C)c(Cl)n2)cs1. The van der Waals surface area contributed by atoms with Gasteiger partial charge in [-0.1, -0.05) is 11.6 Å². The Morgan fingerprint density at radius 3 is 2.40 bits per heavy atom. The van der Waals surface area contributed by atoms with Crippen LogP contribution in [0, 0.1) is 20.8 Å². The van der Waals surface area contributed by atoms with Crippen molar-refractivity contribution in [2.75, 3.05) is 0 Å². The number of hydrogen-bond acceptors (Lipinski definition) is 4. The largest absolute Gasteiger partial charge is 0.238 e. The quantitative estimate of drug-likeness (QED) is 0.718. The van der Waals surface area contributed by atoms with E-state index in [9.17, 15) is 0 Å². The van der Waals surface area contributed by atoms with Crippen molar-refractivity contribution < 1.29 is 0 Å². The first-order valence-corrected chi connectivity index (χ1v) is 5.77. The maximum Gasteiger partial charge on any atom is 0.180 e. The van der Waals surface area contributed by atoms with Gasteiger partial charge in [0.2, 0.25) is 0 Å². The van der Waals surface area contributed by atoms with Crippen molar-refractivity contribution >= 4 is 22.9 Å². The molecule has 5 heteroatoms. The third kappa shape index (κ3) is 2.01. The molecule has 3 nitrogen and oxygen atoms in total. The molecule has 2 heterocycles. The molecule has 78 valence electrons. The second-order valence-electron chi connectivity index (χ2n) is 3.30. The molecule has 0 amide bonds. The summed E-state index contributed by atoms with van der Waals surface area (Å²) in [5.41, 5.74) is 2.62. The van der Waals surface area contributed by atoms with Crippen LogP contribution < -0.4 is 0 Å². The highest BCUT2D eigenvalue weighted by Crippen LogP contribution is 2.22. The highest BCUT2D eigenvalue weighted by molar-refractivity contribution is 7.09. The average Bonchev–Trinajstić information content (AvgIpc) is 2.60. The van der Waals surface area contributed by atoms with Gasteiger partial charge in [-0.25, -0.2) is 15.0 Å². The zero-order valence-electron chi connectivity index (χ0n) is 8.71. The molecule has 0 unspecified atom stereocenters. The molecule has 0 bridgehead atoms. The van der Waals surface area contributed by atoms with Gasteiger partial charge in [-0.05, 0) is 20.8 Å². The van der Waals surface area contributed by atoms with Crippen molar-refractivity contribution in [2.24, 2.45) is 0 Å². The van der Waals surface area contributed by atoms with Crippen LogP contribution in [0.5, 0.6) is 0 Å². The molecule has 0 fully saturated rings. The fourth-order valence-corrected chi connectivity index (χ4v) is 1.98. The lowest BCUT2D eigenvalue weighted by Crippen LogP contribution is -1.96. The fraction of sp³-hybridized carbons (Fsp3) is 0.300. The molecule has 0 aliphatic rings. The standard InChI is InChI=1S/C10H10ClN3S/c1-5-6(2)12-10(14-9(5)11)8-4-15-7(3)13-8/h4H,1-3H3. The smallest absolute Gasteiger partial charge is 0.180 e. The van der Waals surface area contributed by atoms with Gasteiger partial charge < -0.3 is 0 Å². The zero-order chi connectivity index (χ0) is 11.0. The second kappa shape index (κ2) is 3.87. The summed E-state index contributed by atoms with van der Waals surface area (Å²) in [6.45, 7) is 5.79. The van der Waals surface area contributed by atoms with Crippen LogP contribution in [0.1, 0.15) is 16.3 Å². The van der Waals surface area contributed by atoms with Gasteiger partial charge in [-0.3, -0.25) is 0 Å². The normalized spacial score (nSPS) is 10.7. The summed E-state index contributed by atoms with van der Waals surface area (Å²) in [6.07, 6.45) is 0. The molecule has 2 aromatic rings. The van der Waals surface area contributed by atoms with Gasteiger partial charge in [0.25, 0.3) is 0 Å². The van der Waals surface area contributed by atoms with E-state index in [1.54, 1.807) is 11.3 Å². The summed E-state index contributed by atoms with van der Waals surface area (Å²) in [5.74, 6) is 0.604. The van der Waals surface area contributed by atoms with Gasteiger partial charge >= 0.3 is 0 Å². The van der Waals surface area contributed by atoms with Gasteiger partial charge in [-0.15, -0.1) is 11.3 Å². The number of aryl methyl sites for hydroxylation is 2. The Bertz CT molecular complexity index is 484. The molecule has 2 rings (SSSR count). The number of rotatable bonds is 1. The monoisotopic (exact) mass is 239 g/mol. The van der Waals surface area contributed by atoms with E-state index in [-0.39, 0.29) is 0 Å². The third-order valence-electron chi connectivity index (χ3n) is 2.18. The van der Waals surface area contributed by atoms with E-state index in [1.165, 1.54) is 0 Å². The summed E-state index contributed by atoms with van der Waals surface area (Å²) >= 11 is 7.58. The highest BCUT2D eigenvalue weighted by atomic mass is 35.5. The molecule has 0 saturated heterocycles. The van der Waals surface area contributed by atoms with Crippen molar-refractivity contribution in [3.05, 3.63) is 26.8 Å². The number of aromatic nitrogens is 3. The van der Waals surface area contributed by atoms with E-state index in [4.69, 9.17) is 11.6 Å². The van der Waals surface area contributed by atoms with Crippen molar-refractivity contribution in [3.63, 3.8) is 0 Å². The lowest BCUT2D eigenvalue weighted by molar-refractivity contribution is 1.06. The maximum absolute atomic E-state index is 6.00. The molecule has 15 heavy (non-hydrogen) atoms. The van der Waals surface area contributed by atoms with Crippen molar-refractivity contribution in [1.82, 2.24) is 15.0 Å². The molecule has 0 N–H and O–H groups in total. The van der Waals surface area contributed by atoms with E-state index in [0.717, 1.165) is 22.0 Å². The first-order chi connectivity index (χ1) is 7.08. The minimum atomic E-state index is 0.503. The minimum Gasteiger partial charge on any atom is -0.238 e. The number of thiazole rings is 1. The van der Waals surface area contributed by atoms with E-state index in [2.05, 4.69) is 15.0 Å². The Kier molecular flexibility index (Phi) is 2.71. The van der Waals surface area contributed by atoms with Crippen LogP contribution in [-0.2, 0) is 0 Å². The summed E-state index contributed by atoms with van der Waals surface area (Å²) in [7, 11) is 0. The zero-order valence-corrected chi connectivity index (χ0v) is 10.3. The number of nitrogens with zero attached hydrogens (tertiary/aromatic N) is 3.